The molecule has 0 unspecified atom stereocenters. The minimum atomic E-state index is 0.721. The van der Waals surface area contributed by atoms with Gasteiger partial charge in [0.15, 0.2) is 0 Å². The first-order valence-corrected chi connectivity index (χ1v) is 8.22. The lowest BCUT2D eigenvalue weighted by Crippen LogP contribution is -2.13. The molecule has 1 aliphatic rings. The Kier molecular flexibility index (Phi) is 4.91. The van der Waals surface area contributed by atoms with Crippen LogP contribution in [0.3, 0.4) is 0 Å². The van der Waals surface area contributed by atoms with Crippen LogP contribution in [0.25, 0.3) is 11.3 Å². The molecular weight excluding hydrogens is 286 g/mol. The number of hydrogen-bond acceptors (Lipinski definition) is 4. The number of rotatable bonds is 6. The summed E-state index contributed by atoms with van der Waals surface area (Å²) in [6.07, 6.45) is 3.92. The quantitative estimate of drug-likeness (QED) is 0.805. The van der Waals surface area contributed by atoms with Crippen molar-refractivity contribution in [1.82, 2.24) is 9.99 Å². The van der Waals surface area contributed by atoms with Gasteiger partial charge in [-0.2, -0.15) is 5.10 Å². The van der Waals surface area contributed by atoms with Crippen LogP contribution in [0.15, 0.2) is 47.7 Å². The van der Waals surface area contributed by atoms with Gasteiger partial charge in [-0.05, 0) is 43.2 Å². The number of hydrogen-bond donors (Lipinski definition) is 0. The van der Waals surface area contributed by atoms with Gasteiger partial charge in [0, 0.05) is 30.4 Å². The third-order valence-electron chi connectivity index (χ3n) is 3.86. The fourth-order valence-electron chi connectivity index (χ4n) is 2.69. The van der Waals surface area contributed by atoms with Crippen LogP contribution in [0.5, 0.6) is 5.75 Å². The molecule has 23 heavy (non-hydrogen) atoms. The van der Waals surface area contributed by atoms with Gasteiger partial charge in [-0.25, -0.2) is 0 Å². The van der Waals surface area contributed by atoms with E-state index in [9.17, 15) is 0 Å². The van der Waals surface area contributed by atoms with Crippen molar-refractivity contribution in [3.63, 3.8) is 0 Å². The van der Waals surface area contributed by atoms with Crippen LogP contribution in [-0.2, 0) is 6.54 Å². The zero-order valence-corrected chi connectivity index (χ0v) is 13.8. The van der Waals surface area contributed by atoms with E-state index in [1.54, 1.807) is 0 Å². The molecule has 2 aromatic rings. The predicted molar refractivity (Wildman–Crippen MR) is 93.6 cm³/mol. The normalized spacial score (nSPS) is 14.0. The largest absolute Gasteiger partial charge is 0.493 e. The summed E-state index contributed by atoms with van der Waals surface area (Å²) in [5, 5.41) is 6.67. The molecule has 1 aliphatic heterocycles. The average molecular weight is 309 g/mol. The zero-order chi connectivity index (χ0) is 16.1. The van der Waals surface area contributed by atoms with Gasteiger partial charge in [-0.15, -0.1) is 0 Å². The molecule has 1 aromatic heterocycles. The van der Waals surface area contributed by atoms with Gasteiger partial charge in [0.05, 0.1) is 18.8 Å². The highest BCUT2D eigenvalue weighted by atomic mass is 16.5. The third kappa shape index (κ3) is 3.89. The lowest BCUT2D eigenvalue weighted by molar-refractivity contribution is 0.310. The Morgan fingerprint density at radius 2 is 2.09 bits per heavy atom. The second-order valence-corrected chi connectivity index (χ2v) is 5.87. The Bertz CT molecular complexity index is 697. The van der Waals surface area contributed by atoms with Crippen molar-refractivity contribution in [2.75, 3.05) is 13.2 Å². The first-order chi connectivity index (χ1) is 11.3. The molecule has 1 aromatic carbocycles. The van der Waals surface area contributed by atoms with E-state index in [1.807, 2.05) is 24.4 Å². The number of pyridine rings is 1. The maximum Gasteiger partial charge on any atom is 0.128 e. The molecule has 0 spiro atoms. The molecule has 0 radical (unpaired) electrons. The van der Waals surface area contributed by atoms with Crippen LogP contribution in [0, 0.1) is 0 Å². The molecule has 0 aliphatic carbocycles. The second kappa shape index (κ2) is 7.27. The van der Waals surface area contributed by atoms with Crippen LogP contribution >= 0.6 is 0 Å². The topological polar surface area (TPSA) is 37.7 Å². The van der Waals surface area contributed by atoms with Crippen molar-refractivity contribution in [1.29, 1.82) is 0 Å². The maximum absolute atomic E-state index is 5.86. The van der Waals surface area contributed by atoms with E-state index in [4.69, 9.17) is 4.74 Å². The third-order valence-corrected chi connectivity index (χ3v) is 3.86. The summed E-state index contributed by atoms with van der Waals surface area (Å²) in [4.78, 5) is 4.53. The van der Waals surface area contributed by atoms with Crippen molar-refractivity contribution in [3.8, 4) is 17.0 Å². The van der Waals surface area contributed by atoms with Gasteiger partial charge in [0.1, 0.15) is 5.75 Å². The summed E-state index contributed by atoms with van der Waals surface area (Å²) in [6, 6.07) is 12.3. The highest BCUT2D eigenvalue weighted by molar-refractivity contribution is 5.83. The molecule has 0 N–H and O–H groups in total. The van der Waals surface area contributed by atoms with E-state index in [0.717, 1.165) is 49.5 Å². The number of hydrazone groups is 1. The lowest BCUT2D eigenvalue weighted by Gasteiger charge is -2.15. The average Bonchev–Trinajstić information content (AvgIpc) is 2.98. The summed E-state index contributed by atoms with van der Waals surface area (Å²) in [7, 11) is 0. The van der Waals surface area contributed by atoms with Gasteiger partial charge in [0.25, 0.3) is 0 Å². The Morgan fingerprint density at radius 3 is 2.87 bits per heavy atom. The smallest absolute Gasteiger partial charge is 0.128 e. The number of ether oxygens (including phenoxy) is 1. The first-order valence-electron chi connectivity index (χ1n) is 8.22. The highest BCUT2D eigenvalue weighted by Crippen LogP contribution is 2.29. The summed E-state index contributed by atoms with van der Waals surface area (Å²) in [6.45, 7) is 6.74. The van der Waals surface area contributed by atoms with Crippen LogP contribution in [-0.4, -0.2) is 28.9 Å². The molecule has 0 amide bonds. The molecule has 4 nitrogen and oxygen atoms in total. The summed E-state index contributed by atoms with van der Waals surface area (Å²) < 4.78 is 5.86. The predicted octanol–water partition coefficient (Wildman–Crippen LogP) is 4.12. The van der Waals surface area contributed by atoms with Crippen molar-refractivity contribution >= 4 is 5.71 Å². The van der Waals surface area contributed by atoms with Gasteiger partial charge in [-0.1, -0.05) is 19.1 Å². The molecule has 0 saturated carbocycles. The Hall–Kier alpha value is -2.36. The zero-order valence-electron chi connectivity index (χ0n) is 13.8. The standard InChI is InChI=1S/C19H23N3O/c1-3-12-23-19-7-5-4-6-17(19)18-13-16(8-10-20-18)14-22-11-9-15(2)21-22/h4-8,10,13H,3,9,11-12,14H2,1-2H3. The van der Waals surface area contributed by atoms with E-state index < -0.39 is 0 Å². The monoisotopic (exact) mass is 309 g/mol. The number of benzene rings is 1. The SMILES string of the molecule is CCCOc1ccccc1-c1cc(CN2CCC(C)=N2)ccn1. The van der Waals surface area contributed by atoms with E-state index in [2.05, 4.69) is 47.1 Å². The Labute approximate surface area is 137 Å². The fourth-order valence-corrected chi connectivity index (χ4v) is 2.69. The van der Waals surface area contributed by atoms with Crippen LogP contribution in [0.1, 0.15) is 32.3 Å². The number of nitrogens with zero attached hydrogens (tertiary/aromatic N) is 3. The summed E-state index contributed by atoms with van der Waals surface area (Å²) in [5.74, 6) is 0.897. The van der Waals surface area contributed by atoms with Crippen molar-refractivity contribution < 1.29 is 4.74 Å². The van der Waals surface area contributed by atoms with Gasteiger partial charge in [-0.3, -0.25) is 9.99 Å². The maximum atomic E-state index is 5.86. The molecule has 4 heteroatoms. The van der Waals surface area contributed by atoms with Gasteiger partial charge in [0.2, 0.25) is 0 Å². The van der Waals surface area contributed by atoms with Crippen LogP contribution in [0.2, 0.25) is 0 Å². The number of para-hydroxylation sites is 1. The van der Waals surface area contributed by atoms with Crippen LogP contribution in [0.4, 0.5) is 0 Å². The van der Waals surface area contributed by atoms with E-state index in [-0.39, 0.29) is 0 Å². The van der Waals surface area contributed by atoms with Crippen molar-refractivity contribution in [3.05, 3.63) is 48.2 Å². The molecule has 2 heterocycles. The first kappa shape index (κ1) is 15.5. The summed E-state index contributed by atoms with van der Waals surface area (Å²) in [5.41, 5.74) is 4.43. The van der Waals surface area contributed by atoms with Gasteiger partial charge >= 0.3 is 0 Å². The lowest BCUT2D eigenvalue weighted by atomic mass is 10.1. The number of aromatic nitrogens is 1. The molecule has 120 valence electrons. The minimum absolute atomic E-state index is 0.721. The minimum Gasteiger partial charge on any atom is -0.493 e. The van der Waals surface area contributed by atoms with Gasteiger partial charge < -0.3 is 4.74 Å². The second-order valence-electron chi connectivity index (χ2n) is 5.87. The fraction of sp³-hybridized carbons (Fsp3) is 0.368. The van der Waals surface area contributed by atoms with E-state index in [0.29, 0.717) is 0 Å². The van der Waals surface area contributed by atoms with E-state index >= 15 is 0 Å². The Morgan fingerprint density at radius 1 is 1.22 bits per heavy atom. The van der Waals surface area contributed by atoms with Crippen molar-refractivity contribution in [2.24, 2.45) is 5.10 Å². The molecule has 0 saturated heterocycles. The van der Waals surface area contributed by atoms with Crippen molar-refractivity contribution in [2.45, 2.75) is 33.2 Å². The molecule has 0 bridgehead atoms. The molecule has 0 atom stereocenters. The summed E-state index contributed by atoms with van der Waals surface area (Å²) >= 11 is 0. The molecule has 0 fully saturated rings. The highest BCUT2D eigenvalue weighted by Gasteiger charge is 2.12. The van der Waals surface area contributed by atoms with E-state index in [1.165, 1.54) is 11.3 Å². The molecular formula is C19H23N3O. The molecule has 3 rings (SSSR count). The Balaban J connectivity index is 1.82. The van der Waals surface area contributed by atoms with Crippen LogP contribution < -0.4 is 4.74 Å².